The van der Waals surface area contributed by atoms with Gasteiger partial charge in [0.25, 0.3) is 0 Å². The van der Waals surface area contributed by atoms with E-state index in [0.29, 0.717) is 17.3 Å². The Hall–Kier alpha value is -0.480. The van der Waals surface area contributed by atoms with E-state index in [1.165, 1.54) is 35.7 Å². The minimum atomic E-state index is 0.394. The van der Waals surface area contributed by atoms with Crippen molar-refractivity contribution in [3.05, 3.63) is 10.0 Å². The first kappa shape index (κ1) is 15.9. The van der Waals surface area contributed by atoms with Crippen molar-refractivity contribution in [2.24, 2.45) is 11.3 Å². The lowest BCUT2D eigenvalue weighted by Crippen LogP contribution is -2.25. The Morgan fingerprint density at radius 3 is 2.80 bits per heavy atom. The summed E-state index contributed by atoms with van der Waals surface area (Å²) < 4.78 is 0. The van der Waals surface area contributed by atoms with Crippen LogP contribution in [0.4, 0.5) is 0 Å². The first-order chi connectivity index (χ1) is 9.49. The van der Waals surface area contributed by atoms with Crippen LogP contribution >= 0.6 is 11.3 Å². The molecule has 1 saturated carbocycles. The standard InChI is InChI=1S/C16H29N3S/c1-12(2)11-17-10-8-14-18-19-15(20-14)13-7-5-6-9-16(13,3)4/h12-13,17H,5-11H2,1-4H3. The van der Waals surface area contributed by atoms with Gasteiger partial charge in [0.05, 0.1) is 0 Å². The SMILES string of the molecule is CC(C)CNCCc1nnc(C2CCCCC2(C)C)s1. The van der Waals surface area contributed by atoms with Crippen molar-refractivity contribution in [3.8, 4) is 0 Å². The zero-order chi connectivity index (χ0) is 14.6. The Kier molecular flexibility index (Phi) is 5.56. The lowest BCUT2D eigenvalue weighted by molar-refractivity contribution is 0.198. The molecule has 1 aliphatic rings. The number of hydrogen-bond acceptors (Lipinski definition) is 4. The second kappa shape index (κ2) is 6.99. The second-order valence-electron chi connectivity index (χ2n) is 7.17. The van der Waals surface area contributed by atoms with Gasteiger partial charge in [-0.1, -0.05) is 40.5 Å². The Balaban J connectivity index is 1.88. The molecule has 0 spiro atoms. The average Bonchev–Trinajstić information content (AvgIpc) is 2.82. The molecule has 0 radical (unpaired) electrons. The quantitative estimate of drug-likeness (QED) is 0.806. The predicted octanol–water partition coefficient (Wildman–Crippen LogP) is 4.01. The highest BCUT2D eigenvalue weighted by Gasteiger charge is 2.35. The summed E-state index contributed by atoms with van der Waals surface area (Å²) in [6, 6.07) is 0. The molecule has 0 amide bonds. The molecular formula is C16H29N3S. The molecule has 1 unspecified atom stereocenters. The van der Waals surface area contributed by atoms with Gasteiger partial charge in [0.1, 0.15) is 10.0 Å². The van der Waals surface area contributed by atoms with Gasteiger partial charge in [-0.3, -0.25) is 0 Å². The van der Waals surface area contributed by atoms with Crippen LogP contribution in [-0.2, 0) is 6.42 Å². The van der Waals surface area contributed by atoms with Gasteiger partial charge in [0.2, 0.25) is 0 Å². The molecule has 1 aliphatic carbocycles. The third-order valence-corrected chi connectivity index (χ3v) is 5.45. The van der Waals surface area contributed by atoms with E-state index in [-0.39, 0.29) is 0 Å². The number of aromatic nitrogens is 2. The van der Waals surface area contributed by atoms with Crippen LogP contribution in [-0.4, -0.2) is 23.3 Å². The molecule has 20 heavy (non-hydrogen) atoms. The Bertz CT molecular complexity index is 412. The van der Waals surface area contributed by atoms with Crippen LogP contribution in [0.25, 0.3) is 0 Å². The zero-order valence-electron chi connectivity index (χ0n) is 13.4. The molecule has 1 atom stereocenters. The molecular weight excluding hydrogens is 266 g/mol. The fraction of sp³-hybridized carbons (Fsp3) is 0.875. The largest absolute Gasteiger partial charge is 0.316 e. The maximum absolute atomic E-state index is 4.49. The Morgan fingerprint density at radius 1 is 1.30 bits per heavy atom. The average molecular weight is 295 g/mol. The van der Waals surface area contributed by atoms with E-state index in [4.69, 9.17) is 0 Å². The smallest absolute Gasteiger partial charge is 0.121 e. The van der Waals surface area contributed by atoms with Crippen LogP contribution in [0.2, 0.25) is 0 Å². The molecule has 0 aliphatic heterocycles. The molecule has 3 nitrogen and oxygen atoms in total. The summed E-state index contributed by atoms with van der Waals surface area (Å²) in [5, 5.41) is 14.8. The second-order valence-corrected chi connectivity index (χ2v) is 8.26. The van der Waals surface area contributed by atoms with E-state index in [0.717, 1.165) is 19.5 Å². The monoisotopic (exact) mass is 295 g/mol. The summed E-state index contributed by atoms with van der Waals surface area (Å²) in [7, 11) is 0. The maximum atomic E-state index is 4.49. The summed E-state index contributed by atoms with van der Waals surface area (Å²) in [6.07, 6.45) is 6.33. The first-order valence-electron chi connectivity index (χ1n) is 8.02. The summed E-state index contributed by atoms with van der Waals surface area (Å²) >= 11 is 1.84. The number of rotatable bonds is 6. The Morgan fingerprint density at radius 2 is 2.10 bits per heavy atom. The number of nitrogens with one attached hydrogen (secondary N) is 1. The van der Waals surface area contributed by atoms with Crippen molar-refractivity contribution < 1.29 is 0 Å². The van der Waals surface area contributed by atoms with Crippen molar-refractivity contribution in [2.45, 2.75) is 65.7 Å². The van der Waals surface area contributed by atoms with Crippen LogP contribution in [0.3, 0.4) is 0 Å². The van der Waals surface area contributed by atoms with Gasteiger partial charge >= 0.3 is 0 Å². The molecule has 1 fully saturated rings. The molecule has 0 bridgehead atoms. The van der Waals surface area contributed by atoms with Crippen LogP contribution in [0.15, 0.2) is 0 Å². The minimum Gasteiger partial charge on any atom is -0.316 e. The molecule has 0 saturated heterocycles. The number of nitrogens with zero attached hydrogens (tertiary/aromatic N) is 2. The van der Waals surface area contributed by atoms with Gasteiger partial charge in [-0.25, -0.2) is 0 Å². The van der Waals surface area contributed by atoms with Crippen molar-refractivity contribution in [1.29, 1.82) is 0 Å². The molecule has 1 heterocycles. The summed E-state index contributed by atoms with van der Waals surface area (Å²) in [6.45, 7) is 11.4. The molecule has 1 aromatic heterocycles. The van der Waals surface area contributed by atoms with E-state index in [1.54, 1.807) is 0 Å². The van der Waals surface area contributed by atoms with Gasteiger partial charge in [0, 0.05) is 18.9 Å². The van der Waals surface area contributed by atoms with Crippen molar-refractivity contribution in [2.75, 3.05) is 13.1 Å². The molecule has 2 rings (SSSR count). The zero-order valence-corrected chi connectivity index (χ0v) is 14.2. The highest BCUT2D eigenvalue weighted by Crippen LogP contribution is 2.47. The maximum Gasteiger partial charge on any atom is 0.121 e. The lowest BCUT2D eigenvalue weighted by atomic mass is 9.69. The van der Waals surface area contributed by atoms with Crippen LogP contribution in [0, 0.1) is 11.3 Å². The van der Waals surface area contributed by atoms with E-state index < -0.39 is 0 Å². The van der Waals surface area contributed by atoms with Gasteiger partial charge in [-0.15, -0.1) is 21.5 Å². The van der Waals surface area contributed by atoms with Crippen molar-refractivity contribution in [3.63, 3.8) is 0 Å². The minimum absolute atomic E-state index is 0.394. The molecule has 4 heteroatoms. The summed E-state index contributed by atoms with van der Waals surface area (Å²) in [5.41, 5.74) is 0.394. The van der Waals surface area contributed by atoms with Crippen molar-refractivity contribution in [1.82, 2.24) is 15.5 Å². The lowest BCUT2D eigenvalue weighted by Gasteiger charge is -2.37. The molecule has 114 valence electrons. The van der Waals surface area contributed by atoms with Crippen LogP contribution < -0.4 is 5.32 Å². The molecule has 1 aromatic rings. The fourth-order valence-corrected chi connectivity index (χ4v) is 4.23. The summed E-state index contributed by atoms with van der Waals surface area (Å²) in [4.78, 5) is 0. The first-order valence-corrected chi connectivity index (χ1v) is 8.83. The van der Waals surface area contributed by atoms with Gasteiger partial charge in [-0.05, 0) is 30.7 Å². The highest BCUT2D eigenvalue weighted by atomic mass is 32.1. The van der Waals surface area contributed by atoms with E-state index in [1.807, 2.05) is 11.3 Å². The van der Waals surface area contributed by atoms with E-state index >= 15 is 0 Å². The van der Waals surface area contributed by atoms with Gasteiger partial charge < -0.3 is 5.32 Å². The third kappa shape index (κ3) is 4.26. The van der Waals surface area contributed by atoms with Crippen molar-refractivity contribution >= 4 is 11.3 Å². The van der Waals surface area contributed by atoms with Crippen LogP contribution in [0.1, 0.15) is 69.3 Å². The molecule has 0 aromatic carbocycles. The third-order valence-electron chi connectivity index (χ3n) is 4.36. The van der Waals surface area contributed by atoms with Crippen LogP contribution in [0.5, 0.6) is 0 Å². The highest BCUT2D eigenvalue weighted by molar-refractivity contribution is 7.11. The number of hydrogen-bond donors (Lipinski definition) is 1. The fourth-order valence-electron chi connectivity index (χ4n) is 3.05. The normalized spacial score (nSPS) is 22.4. The van der Waals surface area contributed by atoms with E-state index in [9.17, 15) is 0 Å². The summed E-state index contributed by atoms with van der Waals surface area (Å²) in [5.74, 6) is 1.33. The topological polar surface area (TPSA) is 37.8 Å². The molecule has 1 N–H and O–H groups in total. The van der Waals surface area contributed by atoms with Gasteiger partial charge in [-0.2, -0.15) is 0 Å². The van der Waals surface area contributed by atoms with E-state index in [2.05, 4.69) is 43.2 Å². The van der Waals surface area contributed by atoms with Gasteiger partial charge in [0.15, 0.2) is 0 Å². The Labute approximate surface area is 127 Å². The predicted molar refractivity (Wildman–Crippen MR) is 86.3 cm³/mol.